The highest BCUT2D eigenvalue weighted by Gasteiger charge is 2.14. The molecule has 0 heterocycles. The van der Waals surface area contributed by atoms with Gasteiger partial charge >= 0.3 is 0 Å². The van der Waals surface area contributed by atoms with Crippen molar-refractivity contribution in [1.82, 2.24) is 5.32 Å². The van der Waals surface area contributed by atoms with Crippen LogP contribution in [0.15, 0.2) is 18.2 Å². The van der Waals surface area contributed by atoms with Crippen LogP contribution in [-0.4, -0.2) is 41.5 Å². The van der Waals surface area contributed by atoms with Gasteiger partial charge in [-0.1, -0.05) is 6.92 Å². The summed E-state index contributed by atoms with van der Waals surface area (Å²) < 4.78 is 36.9. The first-order chi connectivity index (χ1) is 10.0. The number of hydrogen-bond donors (Lipinski definition) is 2. The van der Waals surface area contributed by atoms with Crippen LogP contribution in [0.2, 0.25) is 0 Å². The fourth-order valence-electron chi connectivity index (χ4n) is 1.83. The van der Waals surface area contributed by atoms with Crippen LogP contribution in [-0.2, 0) is 10.0 Å². The molecule has 0 aromatic heterocycles. The predicted molar refractivity (Wildman–Crippen MR) is 84.7 cm³/mol. The lowest BCUT2D eigenvalue weighted by molar-refractivity contribution is 0.405. The highest BCUT2D eigenvalue weighted by molar-refractivity contribution is 7.92. The third kappa shape index (κ3) is 6.22. The molecule has 7 heteroatoms. The molecule has 0 saturated carbocycles. The van der Waals surface area contributed by atoms with Crippen LogP contribution in [0.25, 0.3) is 0 Å². The maximum atomic E-state index is 12.1. The van der Waals surface area contributed by atoms with E-state index in [1.165, 1.54) is 14.2 Å². The number of methoxy groups -OCH3 is 2. The van der Waals surface area contributed by atoms with Crippen molar-refractivity contribution in [2.45, 2.75) is 19.8 Å². The summed E-state index contributed by atoms with van der Waals surface area (Å²) in [6.45, 7) is 3.74. The lowest BCUT2D eigenvalue weighted by atomic mass is 10.3. The number of hydrogen-bond acceptors (Lipinski definition) is 5. The first-order valence-electron chi connectivity index (χ1n) is 6.95. The van der Waals surface area contributed by atoms with Crippen molar-refractivity contribution in [1.29, 1.82) is 0 Å². The molecule has 0 spiro atoms. The summed E-state index contributed by atoms with van der Waals surface area (Å²) in [5, 5.41) is 3.17. The number of rotatable bonds is 10. The van der Waals surface area contributed by atoms with Crippen molar-refractivity contribution in [2.75, 3.05) is 37.8 Å². The van der Waals surface area contributed by atoms with Crippen LogP contribution in [0.3, 0.4) is 0 Å². The van der Waals surface area contributed by atoms with Crippen molar-refractivity contribution in [3.63, 3.8) is 0 Å². The molecule has 0 radical (unpaired) electrons. The molecule has 2 N–H and O–H groups in total. The van der Waals surface area contributed by atoms with Crippen LogP contribution in [0.4, 0.5) is 5.69 Å². The van der Waals surface area contributed by atoms with Crippen molar-refractivity contribution >= 4 is 15.7 Å². The summed E-state index contributed by atoms with van der Waals surface area (Å²) in [6.07, 6.45) is 1.43. The quantitative estimate of drug-likeness (QED) is 0.644. The molecule has 120 valence electrons. The molecular weight excluding hydrogens is 292 g/mol. The monoisotopic (exact) mass is 316 g/mol. The van der Waals surface area contributed by atoms with Crippen molar-refractivity contribution in [2.24, 2.45) is 0 Å². The Hall–Kier alpha value is -1.47. The Morgan fingerprint density at radius 1 is 1.14 bits per heavy atom. The summed E-state index contributed by atoms with van der Waals surface area (Å²) >= 11 is 0. The minimum atomic E-state index is -3.39. The average Bonchev–Trinajstić information content (AvgIpc) is 2.46. The normalized spacial score (nSPS) is 11.2. The SMILES string of the molecule is CCNCCCCS(=O)(=O)Nc1cc(OC)ccc1OC. The van der Waals surface area contributed by atoms with E-state index in [1.807, 2.05) is 6.92 Å². The Balaban J connectivity index is 2.65. The predicted octanol–water partition coefficient (Wildman–Crippen LogP) is 1.84. The summed E-state index contributed by atoms with van der Waals surface area (Å²) in [4.78, 5) is 0. The Morgan fingerprint density at radius 3 is 2.52 bits per heavy atom. The molecule has 0 aliphatic carbocycles. The Labute approximate surface area is 126 Å². The number of anilines is 1. The third-order valence-electron chi connectivity index (χ3n) is 2.94. The Bertz CT molecular complexity index is 532. The molecule has 0 aliphatic heterocycles. The van der Waals surface area contributed by atoms with Crippen LogP contribution in [0.5, 0.6) is 11.5 Å². The van der Waals surface area contributed by atoms with Gasteiger partial charge in [0.25, 0.3) is 0 Å². The van der Waals surface area contributed by atoms with Gasteiger partial charge in [-0.3, -0.25) is 4.72 Å². The Kier molecular flexibility index (Phi) is 7.31. The van der Waals surface area contributed by atoms with E-state index >= 15 is 0 Å². The zero-order valence-electron chi connectivity index (χ0n) is 12.8. The fraction of sp³-hybridized carbons (Fsp3) is 0.571. The van der Waals surface area contributed by atoms with Gasteiger partial charge in [-0.2, -0.15) is 0 Å². The minimum Gasteiger partial charge on any atom is -0.497 e. The van der Waals surface area contributed by atoms with Crippen LogP contribution >= 0.6 is 0 Å². The molecular formula is C14H24N2O4S. The zero-order valence-corrected chi connectivity index (χ0v) is 13.6. The standard InChI is InChI=1S/C14H24N2O4S/c1-4-15-9-5-6-10-21(17,18)16-13-11-12(19-2)7-8-14(13)20-3/h7-8,11,15-16H,4-6,9-10H2,1-3H3. The maximum absolute atomic E-state index is 12.1. The van der Waals surface area contributed by atoms with E-state index in [9.17, 15) is 8.42 Å². The second kappa shape index (κ2) is 8.74. The van der Waals surface area contributed by atoms with Crippen molar-refractivity contribution in [3.8, 4) is 11.5 Å². The van der Waals surface area contributed by atoms with Crippen molar-refractivity contribution < 1.29 is 17.9 Å². The number of unbranched alkanes of at least 4 members (excludes halogenated alkanes) is 1. The molecule has 0 saturated heterocycles. The van der Waals surface area contributed by atoms with Gasteiger partial charge in [-0.25, -0.2) is 8.42 Å². The lowest BCUT2D eigenvalue weighted by Gasteiger charge is -2.13. The summed E-state index contributed by atoms with van der Waals surface area (Å²) in [5.74, 6) is 1.12. The third-order valence-corrected chi connectivity index (χ3v) is 4.30. The fourth-order valence-corrected chi connectivity index (χ4v) is 3.01. The van der Waals surface area contributed by atoms with Gasteiger partial charge in [0.1, 0.15) is 11.5 Å². The summed E-state index contributed by atoms with van der Waals surface area (Å²) in [7, 11) is -0.368. The van der Waals surface area contributed by atoms with Crippen LogP contribution < -0.4 is 19.5 Å². The molecule has 0 bridgehead atoms. The van der Waals surface area contributed by atoms with Gasteiger partial charge in [0.2, 0.25) is 10.0 Å². The minimum absolute atomic E-state index is 0.0821. The number of nitrogens with one attached hydrogen (secondary N) is 2. The summed E-state index contributed by atoms with van der Waals surface area (Å²) in [5.41, 5.74) is 0.392. The van der Waals surface area contributed by atoms with Crippen LogP contribution in [0, 0.1) is 0 Å². The van der Waals surface area contributed by atoms with Gasteiger partial charge in [0.15, 0.2) is 0 Å². The Morgan fingerprint density at radius 2 is 1.90 bits per heavy atom. The van der Waals surface area contributed by atoms with E-state index in [0.29, 0.717) is 23.6 Å². The molecule has 1 rings (SSSR count). The van der Waals surface area contributed by atoms with E-state index in [2.05, 4.69) is 10.0 Å². The molecule has 6 nitrogen and oxygen atoms in total. The largest absolute Gasteiger partial charge is 0.497 e. The summed E-state index contributed by atoms with van der Waals surface area (Å²) in [6, 6.07) is 4.99. The molecule has 0 aliphatic rings. The lowest BCUT2D eigenvalue weighted by Crippen LogP contribution is -2.19. The van der Waals surface area contributed by atoms with Crippen LogP contribution in [0.1, 0.15) is 19.8 Å². The van der Waals surface area contributed by atoms with E-state index in [4.69, 9.17) is 9.47 Å². The molecule has 21 heavy (non-hydrogen) atoms. The highest BCUT2D eigenvalue weighted by atomic mass is 32.2. The van der Waals surface area contributed by atoms with Gasteiger partial charge in [0, 0.05) is 6.07 Å². The molecule has 1 aromatic carbocycles. The van der Waals surface area contributed by atoms with Gasteiger partial charge < -0.3 is 14.8 Å². The maximum Gasteiger partial charge on any atom is 0.232 e. The first kappa shape index (κ1) is 17.6. The highest BCUT2D eigenvalue weighted by Crippen LogP contribution is 2.29. The van der Waals surface area contributed by atoms with E-state index < -0.39 is 10.0 Å². The molecule has 0 amide bonds. The smallest absolute Gasteiger partial charge is 0.232 e. The molecule has 0 atom stereocenters. The molecule has 0 unspecified atom stereocenters. The van der Waals surface area contributed by atoms with Gasteiger partial charge in [-0.15, -0.1) is 0 Å². The average molecular weight is 316 g/mol. The topological polar surface area (TPSA) is 76.7 Å². The molecule has 0 fully saturated rings. The van der Waals surface area contributed by atoms with Gasteiger partial charge in [0.05, 0.1) is 25.7 Å². The second-order valence-corrected chi connectivity index (χ2v) is 6.39. The van der Waals surface area contributed by atoms with E-state index in [0.717, 1.165) is 19.5 Å². The van der Waals surface area contributed by atoms with Crippen molar-refractivity contribution in [3.05, 3.63) is 18.2 Å². The number of ether oxygens (including phenoxy) is 2. The number of sulfonamides is 1. The van der Waals surface area contributed by atoms with Gasteiger partial charge in [-0.05, 0) is 38.1 Å². The van der Waals surface area contributed by atoms with E-state index in [-0.39, 0.29) is 5.75 Å². The number of benzene rings is 1. The molecule has 1 aromatic rings. The first-order valence-corrected chi connectivity index (χ1v) is 8.61. The second-order valence-electron chi connectivity index (χ2n) is 4.55. The van der Waals surface area contributed by atoms with E-state index in [1.54, 1.807) is 18.2 Å². The zero-order chi connectivity index (χ0) is 15.7.